The molecule has 0 atom stereocenters. The average Bonchev–Trinajstić information content (AvgIpc) is 3.95. The highest BCUT2D eigenvalue weighted by molar-refractivity contribution is 5.45. The number of nitro benzene ring substituents is 1. The molecule has 0 amide bonds. The molecule has 0 bridgehead atoms. The minimum absolute atomic E-state index is 0.00908. The number of nitrogens with zero attached hydrogens (tertiary/aromatic N) is 8. The van der Waals surface area contributed by atoms with Gasteiger partial charge in [0.1, 0.15) is 25.4 Å². The van der Waals surface area contributed by atoms with Gasteiger partial charge in [-0.1, -0.05) is 12.8 Å². The molecule has 2 aromatic carbocycles. The first-order chi connectivity index (χ1) is 26.3. The Bertz CT molecular complexity index is 1300. The summed E-state index contributed by atoms with van der Waals surface area (Å²) in [7, 11) is 0. The van der Waals surface area contributed by atoms with Crippen molar-refractivity contribution in [1.82, 2.24) is 19.6 Å². The first-order valence-corrected chi connectivity index (χ1v) is 19.5. The third-order valence-electron chi connectivity index (χ3n) is 10.00. The zero-order valence-corrected chi connectivity index (χ0v) is 32.0. The topological polar surface area (TPSA) is 191 Å². The number of nitro groups is 1. The molecule has 16 heteroatoms. The number of benzene rings is 2. The number of unbranched alkanes of at least 4 members (excludes halogenated alkanes) is 3. The Hall–Kier alpha value is -3.16. The lowest BCUT2D eigenvalue weighted by atomic mass is 10.2. The van der Waals surface area contributed by atoms with Gasteiger partial charge >= 0.3 is 0 Å². The van der Waals surface area contributed by atoms with Gasteiger partial charge in [0, 0.05) is 84.1 Å². The van der Waals surface area contributed by atoms with Crippen LogP contribution >= 0.6 is 0 Å². The zero-order valence-electron chi connectivity index (χ0n) is 32.0. The summed E-state index contributed by atoms with van der Waals surface area (Å²) in [5.41, 5.74) is 1.19. The van der Waals surface area contributed by atoms with Crippen LogP contribution in [0.25, 0.3) is 0 Å². The van der Waals surface area contributed by atoms with Crippen LogP contribution in [0, 0.1) is 10.1 Å². The second-order valence-corrected chi connectivity index (χ2v) is 14.0. The lowest BCUT2D eigenvalue weighted by molar-refractivity contribution is -0.799. The van der Waals surface area contributed by atoms with Crippen LogP contribution in [-0.2, 0) is 0 Å². The molecule has 0 unspecified atom stereocenters. The molecule has 1 fully saturated rings. The summed E-state index contributed by atoms with van der Waals surface area (Å²) in [6.45, 7) is 13.9. The molecule has 1 aliphatic rings. The molecule has 0 saturated carbocycles. The summed E-state index contributed by atoms with van der Waals surface area (Å²) in [5.74, 6) is 0.755. The Morgan fingerprint density at radius 2 is 1.00 bits per heavy atom. The second-order valence-electron chi connectivity index (χ2n) is 14.0. The maximum Gasteiger partial charge on any atom is 0.269 e. The molecule has 1 saturated heterocycles. The van der Waals surface area contributed by atoms with E-state index in [2.05, 4.69) is 29.8 Å². The fraction of sp³-hybridized carbons (Fsp3) is 0.684. The van der Waals surface area contributed by atoms with Crippen LogP contribution in [0.2, 0.25) is 0 Å². The van der Waals surface area contributed by atoms with Crippen LogP contribution in [0.1, 0.15) is 25.7 Å². The summed E-state index contributed by atoms with van der Waals surface area (Å²) in [4.78, 5) is 19.4. The van der Waals surface area contributed by atoms with E-state index in [1.54, 1.807) is 12.1 Å². The summed E-state index contributed by atoms with van der Waals surface area (Å²) in [6, 6.07) is 13.2. The van der Waals surface area contributed by atoms with Crippen LogP contribution in [0.4, 0.5) is 17.1 Å². The second kappa shape index (κ2) is 26.6. The highest BCUT2D eigenvalue weighted by Crippen LogP contribution is 2.23. The summed E-state index contributed by atoms with van der Waals surface area (Å²) in [6.07, 6.45) is 4.03. The number of ether oxygens (including phenoxy) is 1. The molecule has 0 aromatic heterocycles. The molecule has 3 rings (SSSR count). The highest BCUT2D eigenvalue weighted by Gasteiger charge is 2.41. The fourth-order valence-corrected chi connectivity index (χ4v) is 6.37. The van der Waals surface area contributed by atoms with Gasteiger partial charge < -0.3 is 34.8 Å². The third kappa shape index (κ3) is 18.4. The molecular formula is C38H65N8O8+. The number of quaternary nitrogens is 1. The number of aliphatic hydroxyl groups is 5. The minimum Gasteiger partial charge on any atom is -0.494 e. The van der Waals surface area contributed by atoms with E-state index < -0.39 is 4.92 Å². The molecule has 2 aromatic rings. The molecule has 5 N–H and O–H groups in total. The van der Waals surface area contributed by atoms with Crippen molar-refractivity contribution in [2.75, 3.05) is 144 Å². The number of aliphatic hydroxyl groups excluding tert-OH is 5. The number of hydrogen-bond donors (Lipinski definition) is 5. The quantitative estimate of drug-likeness (QED) is 0.0178. The molecule has 0 radical (unpaired) electrons. The van der Waals surface area contributed by atoms with Crippen molar-refractivity contribution in [2.45, 2.75) is 25.7 Å². The predicted octanol–water partition coefficient (Wildman–Crippen LogP) is 1.95. The molecule has 16 nitrogen and oxygen atoms in total. The van der Waals surface area contributed by atoms with Crippen molar-refractivity contribution < 1.29 is 39.7 Å². The van der Waals surface area contributed by atoms with E-state index in [1.807, 2.05) is 24.3 Å². The summed E-state index contributed by atoms with van der Waals surface area (Å²) in [5, 5.41) is 67.3. The van der Waals surface area contributed by atoms with Crippen LogP contribution in [0.15, 0.2) is 58.8 Å². The largest absolute Gasteiger partial charge is 0.494 e. The molecule has 1 aliphatic heterocycles. The fourth-order valence-electron chi connectivity index (χ4n) is 6.37. The van der Waals surface area contributed by atoms with Crippen molar-refractivity contribution in [3.05, 3.63) is 58.6 Å². The monoisotopic (exact) mass is 761 g/mol. The zero-order chi connectivity index (χ0) is 38.9. The highest BCUT2D eigenvalue weighted by atomic mass is 16.6. The molecule has 1 heterocycles. The van der Waals surface area contributed by atoms with Crippen LogP contribution < -0.4 is 4.74 Å². The van der Waals surface area contributed by atoms with Crippen molar-refractivity contribution in [1.29, 1.82) is 0 Å². The summed E-state index contributed by atoms with van der Waals surface area (Å²) < 4.78 is 6.86. The van der Waals surface area contributed by atoms with Crippen LogP contribution in [0.5, 0.6) is 5.75 Å². The Morgan fingerprint density at radius 3 is 1.44 bits per heavy atom. The van der Waals surface area contributed by atoms with Crippen LogP contribution in [0.3, 0.4) is 0 Å². The number of hydrogen-bond acceptors (Lipinski definition) is 14. The molecular weight excluding hydrogens is 696 g/mol. The number of rotatable bonds is 33. The van der Waals surface area contributed by atoms with Gasteiger partial charge in [0.2, 0.25) is 0 Å². The van der Waals surface area contributed by atoms with E-state index in [-0.39, 0.29) is 38.7 Å². The van der Waals surface area contributed by atoms with E-state index in [0.29, 0.717) is 44.2 Å². The van der Waals surface area contributed by atoms with E-state index in [4.69, 9.17) is 4.74 Å². The third-order valence-corrected chi connectivity index (χ3v) is 10.00. The Labute approximate surface area is 320 Å². The maximum atomic E-state index is 10.8. The van der Waals surface area contributed by atoms with E-state index in [0.717, 1.165) is 114 Å². The smallest absolute Gasteiger partial charge is 0.269 e. The van der Waals surface area contributed by atoms with Gasteiger partial charge in [-0.05, 0) is 55.8 Å². The van der Waals surface area contributed by atoms with Gasteiger partial charge in [-0.15, -0.1) is 0 Å². The maximum absolute atomic E-state index is 10.8. The number of azo groups is 1. The van der Waals surface area contributed by atoms with E-state index >= 15 is 0 Å². The number of non-ortho nitro benzene ring substituents is 1. The van der Waals surface area contributed by atoms with Gasteiger partial charge in [-0.25, -0.2) is 0 Å². The lowest BCUT2D eigenvalue weighted by Crippen LogP contribution is -2.45. The van der Waals surface area contributed by atoms with Gasteiger partial charge in [0.15, 0.2) is 0 Å². The molecule has 54 heavy (non-hydrogen) atoms. The van der Waals surface area contributed by atoms with Gasteiger partial charge in [-0.3, -0.25) is 29.7 Å². The first-order valence-electron chi connectivity index (χ1n) is 19.5. The SMILES string of the molecule is O=[N+]([O-])c1ccc(N=Nc2ccc(OCCCCCCN(CCO)CCN(CCO)CCN(CCO)CCN(CCO)CC[N+]3(CCO)CC3)cc2)cc1. The average molecular weight is 762 g/mol. The van der Waals surface area contributed by atoms with Crippen molar-refractivity contribution in [2.24, 2.45) is 10.2 Å². The Kier molecular flexibility index (Phi) is 22.3. The Morgan fingerprint density at radius 1 is 0.556 bits per heavy atom. The van der Waals surface area contributed by atoms with Gasteiger partial charge in [-0.2, -0.15) is 10.2 Å². The standard InChI is InChI=1S/C38H65N8O8/c47-29-21-41(13-3-1-2-4-34-54-38-11-7-36(8-12-38)40-39-35-5-9-37(10-6-35)45(52)53)14-15-42(22-30-48)16-17-43(23-31-49)18-19-44(24-32-50)20-25-46(26-27-46)28-33-51/h5-12,47-51H,1-4,13-34H2/q+1. The van der Waals surface area contributed by atoms with E-state index in [1.165, 1.54) is 12.1 Å². The summed E-state index contributed by atoms with van der Waals surface area (Å²) >= 11 is 0. The Balaban J connectivity index is 1.31. The van der Waals surface area contributed by atoms with Gasteiger partial charge in [0.25, 0.3) is 5.69 Å². The van der Waals surface area contributed by atoms with E-state index in [9.17, 15) is 35.6 Å². The predicted molar refractivity (Wildman–Crippen MR) is 209 cm³/mol. The van der Waals surface area contributed by atoms with Crippen molar-refractivity contribution in [3.8, 4) is 5.75 Å². The lowest BCUT2D eigenvalue weighted by Gasteiger charge is -2.31. The normalized spacial score (nSPS) is 13.9. The van der Waals surface area contributed by atoms with Crippen molar-refractivity contribution >= 4 is 17.1 Å². The molecule has 0 spiro atoms. The minimum atomic E-state index is -0.452. The molecule has 0 aliphatic carbocycles. The first kappa shape index (κ1) is 45.2. The van der Waals surface area contributed by atoms with Gasteiger partial charge in [0.05, 0.1) is 62.5 Å². The molecule has 304 valence electrons. The van der Waals surface area contributed by atoms with Crippen molar-refractivity contribution in [3.63, 3.8) is 0 Å². The van der Waals surface area contributed by atoms with Crippen LogP contribution in [-0.4, -0.2) is 199 Å².